The maximum absolute atomic E-state index is 11.6. The number of nitrogens with one attached hydrogen (secondary N) is 3. The Morgan fingerprint density at radius 2 is 1.94 bits per heavy atom. The van der Waals surface area contributed by atoms with Crippen LogP contribution in [0.2, 0.25) is 0 Å². The zero-order chi connectivity index (χ0) is 22.0. The van der Waals surface area contributed by atoms with Crippen LogP contribution in [0.1, 0.15) is 31.2 Å². The molecule has 172 valence electrons. The summed E-state index contributed by atoms with van der Waals surface area (Å²) in [7, 11) is 3.34. The molecule has 0 fully saturated rings. The summed E-state index contributed by atoms with van der Waals surface area (Å²) in [4.78, 5) is 17.2. The summed E-state index contributed by atoms with van der Waals surface area (Å²) in [5.74, 6) is 1.69. The average molecular weight is 561 g/mol. The minimum absolute atomic E-state index is 0. The van der Waals surface area contributed by atoms with Gasteiger partial charge in [0.2, 0.25) is 0 Å². The first-order valence-electron chi connectivity index (χ1n) is 9.94. The predicted molar refractivity (Wildman–Crippen MR) is 138 cm³/mol. The third-order valence-corrected chi connectivity index (χ3v) is 5.77. The molecular formula is C22H33IN4O3S. The topological polar surface area (TPSA) is 84.0 Å². The summed E-state index contributed by atoms with van der Waals surface area (Å²) in [5.41, 5.74) is 1.02. The number of aliphatic imine (C=N–C) groups is 1. The van der Waals surface area contributed by atoms with Crippen molar-refractivity contribution in [3.8, 4) is 11.5 Å². The molecule has 0 radical (unpaired) electrons. The Bertz CT molecular complexity index is 841. The lowest BCUT2D eigenvalue weighted by Gasteiger charge is -2.25. The predicted octanol–water partition coefficient (Wildman–Crippen LogP) is 3.53. The van der Waals surface area contributed by atoms with Gasteiger partial charge in [0.25, 0.3) is 5.91 Å². The van der Waals surface area contributed by atoms with E-state index in [-0.39, 0.29) is 41.9 Å². The van der Waals surface area contributed by atoms with Crippen molar-refractivity contribution in [3.63, 3.8) is 0 Å². The molecule has 0 spiro atoms. The van der Waals surface area contributed by atoms with Crippen molar-refractivity contribution in [1.82, 2.24) is 16.0 Å². The molecule has 0 saturated carbocycles. The van der Waals surface area contributed by atoms with E-state index >= 15 is 0 Å². The van der Waals surface area contributed by atoms with Gasteiger partial charge in [-0.15, -0.1) is 35.3 Å². The highest BCUT2D eigenvalue weighted by molar-refractivity contribution is 14.0. The van der Waals surface area contributed by atoms with Crippen molar-refractivity contribution in [2.75, 3.05) is 33.9 Å². The minimum atomic E-state index is -0.161. The fraction of sp³-hybridized carbons (Fsp3) is 0.455. The molecule has 0 bridgehead atoms. The van der Waals surface area contributed by atoms with E-state index in [1.165, 1.54) is 4.88 Å². The van der Waals surface area contributed by atoms with Crippen LogP contribution in [0.5, 0.6) is 11.5 Å². The first kappa shape index (κ1) is 27.0. The second-order valence-corrected chi connectivity index (χ2v) is 8.32. The lowest BCUT2D eigenvalue weighted by atomic mass is 9.91. The van der Waals surface area contributed by atoms with Gasteiger partial charge in [-0.3, -0.25) is 9.79 Å². The van der Waals surface area contributed by atoms with Crippen LogP contribution in [0.25, 0.3) is 0 Å². The lowest BCUT2D eigenvalue weighted by Crippen LogP contribution is -2.42. The molecule has 31 heavy (non-hydrogen) atoms. The first-order chi connectivity index (χ1) is 14.4. The fourth-order valence-corrected chi connectivity index (χ4v) is 3.65. The number of carbonyl (C=O) groups excluding carboxylic acids is 1. The molecule has 0 atom stereocenters. The van der Waals surface area contributed by atoms with Crippen LogP contribution in [-0.4, -0.2) is 45.7 Å². The molecule has 0 aliphatic heterocycles. The number of amides is 1. The highest BCUT2D eigenvalue weighted by Gasteiger charge is 2.22. The van der Waals surface area contributed by atoms with Gasteiger partial charge < -0.3 is 25.4 Å². The van der Waals surface area contributed by atoms with Gasteiger partial charge in [-0.1, -0.05) is 26.0 Å². The summed E-state index contributed by atoms with van der Waals surface area (Å²) in [6.45, 7) is 8.16. The molecule has 2 rings (SSSR count). The number of guanidine groups is 1. The standard InChI is InChI=1S/C22H32N4O3S.HI/c1-6-24-20(27)14-29-17-10-9-16(12-18(17)28-5)13-25-21(23-4)26-15-22(2,3)19-8-7-11-30-19;/h7-12H,6,13-15H2,1-5H3,(H,24,27)(H2,23,25,26);1H. The van der Waals surface area contributed by atoms with Crippen LogP contribution in [0, 0.1) is 0 Å². The van der Waals surface area contributed by atoms with Crippen molar-refractivity contribution < 1.29 is 14.3 Å². The van der Waals surface area contributed by atoms with Crippen LogP contribution in [-0.2, 0) is 16.8 Å². The molecule has 0 aliphatic carbocycles. The molecule has 2 aromatic rings. The van der Waals surface area contributed by atoms with Gasteiger partial charge >= 0.3 is 0 Å². The largest absolute Gasteiger partial charge is 0.493 e. The van der Waals surface area contributed by atoms with E-state index in [1.807, 2.05) is 25.1 Å². The van der Waals surface area contributed by atoms with Gasteiger partial charge in [0.1, 0.15) is 0 Å². The highest BCUT2D eigenvalue weighted by atomic mass is 127. The summed E-state index contributed by atoms with van der Waals surface area (Å²) >= 11 is 1.76. The van der Waals surface area contributed by atoms with Gasteiger partial charge in [-0.25, -0.2) is 0 Å². The monoisotopic (exact) mass is 560 g/mol. The first-order valence-corrected chi connectivity index (χ1v) is 10.8. The van der Waals surface area contributed by atoms with Gasteiger partial charge in [0, 0.05) is 37.0 Å². The summed E-state index contributed by atoms with van der Waals surface area (Å²) in [6, 6.07) is 9.87. The van der Waals surface area contributed by atoms with E-state index in [4.69, 9.17) is 9.47 Å². The number of likely N-dealkylation sites (N-methyl/N-ethyl adjacent to an activating group) is 1. The van der Waals surface area contributed by atoms with Crippen LogP contribution in [0.15, 0.2) is 40.7 Å². The van der Waals surface area contributed by atoms with Crippen molar-refractivity contribution >= 4 is 47.2 Å². The highest BCUT2D eigenvalue weighted by Crippen LogP contribution is 2.28. The van der Waals surface area contributed by atoms with Crippen LogP contribution in [0.3, 0.4) is 0 Å². The van der Waals surface area contributed by atoms with E-state index in [2.05, 4.69) is 52.3 Å². The molecule has 0 saturated heterocycles. The SMILES string of the molecule is CCNC(=O)COc1ccc(CNC(=NC)NCC(C)(C)c2cccs2)cc1OC.I. The van der Waals surface area contributed by atoms with Crippen molar-refractivity contribution in [3.05, 3.63) is 46.2 Å². The Morgan fingerprint density at radius 3 is 2.55 bits per heavy atom. The molecule has 7 nitrogen and oxygen atoms in total. The molecule has 0 unspecified atom stereocenters. The summed E-state index contributed by atoms with van der Waals surface area (Å²) in [5, 5.41) is 11.5. The molecule has 1 aromatic carbocycles. The summed E-state index contributed by atoms with van der Waals surface area (Å²) < 4.78 is 11.0. The molecular weight excluding hydrogens is 527 g/mol. The van der Waals surface area contributed by atoms with Crippen LogP contribution in [0.4, 0.5) is 0 Å². The second-order valence-electron chi connectivity index (χ2n) is 7.37. The number of methoxy groups -OCH3 is 1. The molecule has 1 aromatic heterocycles. The van der Waals surface area contributed by atoms with Crippen molar-refractivity contribution in [2.45, 2.75) is 32.7 Å². The molecule has 0 aliphatic rings. The number of ether oxygens (including phenoxy) is 2. The van der Waals surface area contributed by atoms with E-state index < -0.39 is 0 Å². The van der Waals surface area contributed by atoms with Gasteiger partial charge in [-0.2, -0.15) is 0 Å². The number of halogens is 1. The third kappa shape index (κ3) is 8.56. The maximum atomic E-state index is 11.6. The molecule has 1 amide bonds. The number of benzene rings is 1. The molecule has 1 heterocycles. The number of thiophene rings is 1. The Morgan fingerprint density at radius 1 is 1.16 bits per heavy atom. The van der Waals surface area contributed by atoms with Crippen molar-refractivity contribution in [2.24, 2.45) is 4.99 Å². The average Bonchev–Trinajstić information content (AvgIpc) is 3.29. The Balaban J connectivity index is 0.00000480. The Hall–Kier alpha value is -2.01. The number of nitrogens with zero attached hydrogens (tertiary/aromatic N) is 1. The van der Waals surface area contributed by atoms with E-state index in [0.29, 0.717) is 24.6 Å². The minimum Gasteiger partial charge on any atom is -0.493 e. The Kier molecular flexibility index (Phi) is 11.7. The van der Waals surface area contributed by atoms with Crippen LogP contribution < -0.4 is 25.4 Å². The number of carbonyl (C=O) groups is 1. The molecule has 9 heteroatoms. The van der Waals surface area contributed by atoms with E-state index in [9.17, 15) is 4.79 Å². The van der Waals surface area contributed by atoms with E-state index in [0.717, 1.165) is 18.1 Å². The number of hydrogen-bond donors (Lipinski definition) is 3. The zero-order valence-corrected chi connectivity index (χ0v) is 21.9. The van der Waals surface area contributed by atoms with Gasteiger partial charge in [-0.05, 0) is 36.1 Å². The summed E-state index contributed by atoms with van der Waals surface area (Å²) in [6.07, 6.45) is 0. The normalized spacial score (nSPS) is 11.3. The molecule has 3 N–H and O–H groups in total. The maximum Gasteiger partial charge on any atom is 0.257 e. The van der Waals surface area contributed by atoms with Crippen LogP contribution >= 0.6 is 35.3 Å². The fourth-order valence-electron chi connectivity index (χ4n) is 2.79. The Labute approximate surface area is 206 Å². The van der Waals surface area contributed by atoms with Gasteiger partial charge in [0.05, 0.1) is 7.11 Å². The lowest BCUT2D eigenvalue weighted by molar-refractivity contribution is -0.123. The van der Waals surface area contributed by atoms with E-state index in [1.54, 1.807) is 25.5 Å². The third-order valence-electron chi connectivity index (χ3n) is 4.53. The second kappa shape index (κ2) is 13.4. The zero-order valence-electron chi connectivity index (χ0n) is 18.8. The number of rotatable bonds is 10. The number of hydrogen-bond acceptors (Lipinski definition) is 5. The quantitative estimate of drug-likeness (QED) is 0.235. The van der Waals surface area contributed by atoms with Gasteiger partial charge in [0.15, 0.2) is 24.1 Å². The van der Waals surface area contributed by atoms with Crippen molar-refractivity contribution in [1.29, 1.82) is 0 Å². The smallest absolute Gasteiger partial charge is 0.257 e.